The van der Waals surface area contributed by atoms with Gasteiger partial charge in [-0.3, -0.25) is 0 Å². The van der Waals surface area contributed by atoms with E-state index in [1.807, 2.05) is 11.3 Å². The molecule has 2 aromatic heterocycles. The molecule has 0 amide bonds. The zero-order chi connectivity index (χ0) is 44.4. The summed E-state index contributed by atoms with van der Waals surface area (Å²) in [4.78, 5) is 11.3. The van der Waals surface area contributed by atoms with E-state index in [4.69, 9.17) is 9.98 Å². The van der Waals surface area contributed by atoms with Gasteiger partial charge in [0.2, 0.25) is 0 Å². The fourth-order valence-electron chi connectivity index (χ4n) is 10.2. The molecule has 3 heterocycles. The molecule has 13 rings (SSSR count). The molecular formula is C63H43N3S. The fraction of sp³-hybridized carbons (Fsp3) is 0.0476. The molecule has 0 aliphatic carbocycles. The van der Waals surface area contributed by atoms with Crippen molar-refractivity contribution in [3.05, 3.63) is 241 Å². The molecule has 1 atom stereocenters. The lowest BCUT2D eigenvalue weighted by Crippen LogP contribution is -2.18. The van der Waals surface area contributed by atoms with E-state index in [-0.39, 0.29) is 5.92 Å². The van der Waals surface area contributed by atoms with Gasteiger partial charge in [-0.2, -0.15) is 0 Å². The number of allylic oxidation sites excluding steroid dienone is 1. The maximum atomic E-state index is 5.81. The van der Waals surface area contributed by atoms with Gasteiger partial charge in [-0.05, 0) is 98.2 Å². The van der Waals surface area contributed by atoms with Crippen molar-refractivity contribution in [3.8, 4) is 27.9 Å². The summed E-state index contributed by atoms with van der Waals surface area (Å²) in [6, 6.07) is 79.3. The average molecular weight is 874 g/mol. The Morgan fingerprint density at radius 2 is 0.970 bits per heavy atom. The molecule has 1 aliphatic rings. The van der Waals surface area contributed by atoms with E-state index in [2.05, 4.69) is 236 Å². The molecule has 0 radical (unpaired) electrons. The summed E-state index contributed by atoms with van der Waals surface area (Å²) in [5.41, 5.74) is 13.4. The Labute approximate surface area is 393 Å². The minimum atomic E-state index is 0.0589. The SMILES string of the molecule is CC1C/C=C(\c2ccc(-c3ccccc3)cc2)N=C(c2ccc(-c3ccccc3)cc2)N=C1c1cc(-n2c3ccccc3c3cc4ccccc4cc32)cc2sc3cc4ccccc4cc3c12. The molecule has 0 saturated heterocycles. The van der Waals surface area contributed by atoms with Crippen LogP contribution in [0.25, 0.3) is 97.2 Å². The van der Waals surface area contributed by atoms with E-state index in [0.29, 0.717) is 5.84 Å². The zero-order valence-corrected chi connectivity index (χ0v) is 37.7. The Hall–Kier alpha value is -8.18. The first kappa shape index (κ1) is 39.2. The highest BCUT2D eigenvalue weighted by Gasteiger charge is 2.25. The molecular weight excluding hydrogens is 831 g/mol. The summed E-state index contributed by atoms with van der Waals surface area (Å²) in [5.74, 6) is 0.759. The van der Waals surface area contributed by atoms with Gasteiger partial charge in [-0.25, -0.2) is 9.98 Å². The highest BCUT2D eigenvalue weighted by atomic mass is 32.1. The van der Waals surface area contributed by atoms with E-state index in [1.54, 1.807) is 0 Å². The predicted octanol–water partition coefficient (Wildman–Crippen LogP) is 17.1. The van der Waals surface area contributed by atoms with E-state index >= 15 is 0 Å². The summed E-state index contributed by atoms with van der Waals surface area (Å²) < 4.78 is 4.98. The fourth-order valence-corrected chi connectivity index (χ4v) is 11.4. The number of fused-ring (bicyclic) bond motifs is 8. The molecule has 10 aromatic carbocycles. The van der Waals surface area contributed by atoms with Crippen molar-refractivity contribution >= 4 is 92.1 Å². The van der Waals surface area contributed by atoms with Crippen molar-refractivity contribution in [1.82, 2.24) is 4.57 Å². The first-order chi connectivity index (χ1) is 33.1. The number of aliphatic imine (C=N–C) groups is 2. The largest absolute Gasteiger partial charge is 0.309 e. The van der Waals surface area contributed by atoms with Gasteiger partial charge in [0, 0.05) is 53.7 Å². The summed E-state index contributed by atoms with van der Waals surface area (Å²) in [5, 5.41) is 9.94. The van der Waals surface area contributed by atoms with Gasteiger partial charge < -0.3 is 4.57 Å². The van der Waals surface area contributed by atoms with Gasteiger partial charge in [0.05, 0.1) is 22.4 Å². The predicted molar refractivity (Wildman–Crippen MR) is 287 cm³/mol. The van der Waals surface area contributed by atoms with Crippen molar-refractivity contribution in [3.63, 3.8) is 0 Å². The summed E-state index contributed by atoms with van der Waals surface area (Å²) in [7, 11) is 0. The standard InChI is InChI=1S/C63H43N3S/c1-40-24-33-56(45-29-25-43(26-30-45)41-14-4-2-5-15-41)64-63(46-31-27-44(28-32-46)42-16-6-3-7-17-42)65-62(40)55-38-51(39-60-61(55)54-35-48-19-9-11-21-50(48)37-59(54)67-60)66-57-23-13-12-22-52(57)53-34-47-18-8-10-20-49(47)36-58(53)66/h2-23,25-40H,24H2,1H3/b56-33+,64-63?,65-62?. The first-order valence-electron chi connectivity index (χ1n) is 23.1. The van der Waals surface area contributed by atoms with Crippen molar-refractivity contribution in [2.24, 2.45) is 15.9 Å². The van der Waals surface area contributed by atoms with Crippen LogP contribution in [0.1, 0.15) is 30.0 Å². The van der Waals surface area contributed by atoms with Crippen molar-refractivity contribution in [2.75, 3.05) is 0 Å². The topological polar surface area (TPSA) is 29.6 Å². The second-order valence-electron chi connectivity index (χ2n) is 17.8. The van der Waals surface area contributed by atoms with E-state index in [0.717, 1.165) is 45.8 Å². The summed E-state index contributed by atoms with van der Waals surface area (Å²) in [6.45, 7) is 2.34. The Balaban J connectivity index is 1.06. The van der Waals surface area contributed by atoms with Crippen LogP contribution >= 0.6 is 11.3 Å². The molecule has 0 fully saturated rings. The lowest BCUT2D eigenvalue weighted by molar-refractivity contribution is 0.791. The molecule has 4 heteroatoms. The number of amidine groups is 1. The van der Waals surface area contributed by atoms with Crippen LogP contribution in [0.3, 0.4) is 0 Å². The van der Waals surface area contributed by atoms with Gasteiger partial charge in [-0.1, -0.05) is 189 Å². The Kier molecular flexibility index (Phi) is 9.40. The third kappa shape index (κ3) is 6.88. The lowest BCUT2D eigenvalue weighted by atomic mass is 9.90. The summed E-state index contributed by atoms with van der Waals surface area (Å²) in [6.07, 6.45) is 3.10. The van der Waals surface area contributed by atoms with Crippen LogP contribution in [-0.2, 0) is 0 Å². The van der Waals surface area contributed by atoms with Crippen LogP contribution in [0.15, 0.2) is 234 Å². The molecule has 12 aromatic rings. The van der Waals surface area contributed by atoms with E-state index in [1.165, 1.54) is 80.2 Å². The number of benzene rings is 10. The molecule has 0 bridgehead atoms. The van der Waals surface area contributed by atoms with Gasteiger partial charge in [-0.15, -0.1) is 11.3 Å². The lowest BCUT2D eigenvalue weighted by Gasteiger charge is -2.21. The van der Waals surface area contributed by atoms with Crippen LogP contribution in [0.2, 0.25) is 0 Å². The average Bonchev–Trinajstić information content (AvgIpc) is 3.91. The second-order valence-corrected chi connectivity index (χ2v) is 18.9. The smallest absolute Gasteiger partial charge is 0.160 e. The zero-order valence-electron chi connectivity index (χ0n) is 36.9. The molecule has 0 spiro atoms. The van der Waals surface area contributed by atoms with Crippen molar-refractivity contribution in [1.29, 1.82) is 0 Å². The van der Waals surface area contributed by atoms with Crippen molar-refractivity contribution < 1.29 is 0 Å². The van der Waals surface area contributed by atoms with Gasteiger partial charge in [0.1, 0.15) is 0 Å². The molecule has 67 heavy (non-hydrogen) atoms. The van der Waals surface area contributed by atoms with Crippen LogP contribution in [0, 0.1) is 5.92 Å². The van der Waals surface area contributed by atoms with Crippen LogP contribution in [-0.4, -0.2) is 16.1 Å². The molecule has 0 saturated carbocycles. The number of hydrogen-bond acceptors (Lipinski definition) is 3. The van der Waals surface area contributed by atoms with Crippen molar-refractivity contribution in [2.45, 2.75) is 13.3 Å². The Morgan fingerprint density at radius 3 is 1.64 bits per heavy atom. The van der Waals surface area contributed by atoms with Crippen LogP contribution in [0.5, 0.6) is 0 Å². The van der Waals surface area contributed by atoms with Gasteiger partial charge in [0.15, 0.2) is 5.84 Å². The Bertz CT molecular complexity index is 3980. The molecule has 3 nitrogen and oxygen atoms in total. The number of para-hydroxylation sites is 1. The molecule has 1 aliphatic heterocycles. The second kappa shape index (κ2) is 16.1. The number of rotatable bonds is 6. The third-order valence-electron chi connectivity index (χ3n) is 13.6. The Morgan fingerprint density at radius 1 is 0.433 bits per heavy atom. The maximum Gasteiger partial charge on any atom is 0.160 e. The number of thiophene rings is 1. The highest BCUT2D eigenvalue weighted by Crippen LogP contribution is 2.43. The van der Waals surface area contributed by atoms with E-state index in [9.17, 15) is 0 Å². The number of nitrogens with zero attached hydrogens (tertiary/aromatic N) is 3. The minimum Gasteiger partial charge on any atom is -0.309 e. The third-order valence-corrected chi connectivity index (χ3v) is 14.7. The monoisotopic (exact) mass is 873 g/mol. The normalized spacial score (nSPS) is 15.2. The van der Waals surface area contributed by atoms with Crippen LogP contribution in [0.4, 0.5) is 0 Å². The molecule has 316 valence electrons. The maximum absolute atomic E-state index is 5.81. The number of aromatic nitrogens is 1. The minimum absolute atomic E-state index is 0.0589. The van der Waals surface area contributed by atoms with Gasteiger partial charge in [0.25, 0.3) is 0 Å². The quantitative estimate of drug-likeness (QED) is 0.159. The molecule has 0 N–H and O–H groups in total. The van der Waals surface area contributed by atoms with E-state index < -0.39 is 0 Å². The van der Waals surface area contributed by atoms with Gasteiger partial charge >= 0.3 is 0 Å². The molecule has 1 unspecified atom stereocenters. The first-order valence-corrected chi connectivity index (χ1v) is 23.9. The summed E-state index contributed by atoms with van der Waals surface area (Å²) >= 11 is 1.87. The van der Waals surface area contributed by atoms with Crippen LogP contribution < -0.4 is 0 Å². The number of hydrogen-bond donors (Lipinski definition) is 0. The highest BCUT2D eigenvalue weighted by molar-refractivity contribution is 7.26.